The number of nitrogens with zero attached hydrogens (tertiary/aromatic N) is 3. The van der Waals surface area contributed by atoms with Gasteiger partial charge in [-0.25, -0.2) is 0 Å². The largest absolute Gasteiger partial charge is 0.481 e. The lowest BCUT2D eigenvalue weighted by Crippen LogP contribution is -2.51. The Bertz CT molecular complexity index is 2350. The first-order valence-corrected chi connectivity index (χ1v) is 20.8. The van der Waals surface area contributed by atoms with Gasteiger partial charge in [0.15, 0.2) is 0 Å². The van der Waals surface area contributed by atoms with Gasteiger partial charge in [-0.15, -0.1) is 0 Å². The normalized spacial score (nSPS) is 30.4. The van der Waals surface area contributed by atoms with Gasteiger partial charge in [0.25, 0.3) is 0 Å². The predicted octanol–water partition coefficient (Wildman–Crippen LogP) is 4.95. The van der Waals surface area contributed by atoms with Gasteiger partial charge < -0.3 is 46.2 Å². The van der Waals surface area contributed by atoms with Crippen LogP contribution in [0.5, 0.6) is 0 Å². The number of nitrogens with one attached hydrogen (secondary N) is 1. The lowest BCUT2D eigenvalue weighted by Gasteiger charge is -2.43. The highest BCUT2D eigenvalue weighted by molar-refractivity contribution is 6.18. The number of carbonyl (C=O) groups is 8. The van der Waals surface area contributed by atoms with Gasteiger partial charge in [0, 0.05) is 83.5 Å². The minimum atomic E-state index is -1.69. The summed E-state index contributed by atoms with van der Waals surface area (Å²) in [5.74, 6) is -11.1. The van der Waals surface area contributed by atoms with E-state index in [-0.39, 0.29) is 95.0 Å². The monoisotopic (exact) mass is 894 g/mol. The highest BCUT2D eigenvalue weighted by atomic mass is 16.4. The summed E-state index contributed by atoms with van der Waals surface area (Å²) in [7, 11) is 0. The Kier molecular flexibility index (Phi) is 13.4. The van der Waals surface area contributed by atoms with Gasteiger partial charge in [-0.2, -0.15) is 0 Å². The number of hydrogen-bond acceptors (Lipinski definition) is 12. The standard InChI is InChI=1S/C44H54N4O16/c1-40(13-12-34(55)56)25(15-36(59)60)39-44(5)42(3,20-38(63)64)23(8-11-33(53)54)27(48-44)17-30-41(2,19-37(61)62)22(7-10-32(51)52)28(45-30)18-43(4)24(14-35(57)58)21(6-9-31(49)50)26(47-43)16-29(40)46-39/h17,23,48H,6-16,18-20H2,1-5H3,(H,49,50)(H,51,52)(H,53,54)(H,55,56)(H,57,58)(H,59,60)(H,61,62)(H,63,64)/b27-17-/t23-,40-,41+,42+,43+,44+/m1/s1. The molecule has 0 aliphatic carbocycles. The van der Waals surface area contributed by atoms with Crippen LogP contribution in [0, 0.1) is 22.2 Å². The van der Waals surface area contributed by atoms with E-state index in [0.29, 0.717) is 0 Å². The van der Waals surface area contributed by atoms with E-state index in [2.05, 4.69) is 5.32 Å². The first kappa shape index (κ1) is 48.6. The van der Waals surface area contributed by atoms with E-state index >= 15 is 0 Å². The van der Waals surface area contributed by atoms with Crippen LogP contribution in [0.1, 0.15) is 125 Å². The molecule has 0 radical (unpaired) electrons. The smallest absolute Gasteiger partial charge is 0.307 e. The quantitative estimate of drug-likeness (QED) is 0.0781. The second-order valence-electron chi connectivity index (χ2n) is 18.3. The topological polar surface area (TPSA) is 348 Å². The van der Waals surface area contributed by atoms with Crippen molar-refractivity contribution in [1.29, 1.82) is 0 Å². The van der Waals surface area contributed by atoms with Crippen molar-refractivity contribution in [2.24, 2.45) is 37.1 Å². The van der Waals surface area contributed by atoms with E-state index in [4.69, 9.17) is 15.0 Å². The number of rotatable bonds is 20. The molecule has 9 N–H and O–H groups in total. The molecule has 0 amide bonds. The second kappa shape index (κ2) is 17.6. The Morgan fingerprint density at radius 3 is 1.75 bits per heavy atom. The van der Waals surface area contributed by atoms with Gasteiger partial charge in [0.1, 0.15) is 0 Å². The highest BCUT2D eigenvalue weighted by Crippen LogP contribution is 2.60. The van der Waals surface area contributed by atoms with E-state index in [9.17, 15) is 79.2 Å². The van der Waals surface area contributed by atoms with Crippen LogP contribution >= 0.6 is 0 Å². The summed E-state index contributed by atoms with van der Waals surface area (Å²) in [6, 6.07) is 0. The fourth-order valence-electron chi connectivity index (χ4n) is 10.7. The summed E-state index contributed by atoms with van der Waals surface area (Å²) in [5, 5.41) is 84.7. The van der Waals surface area contributed by atoms with Gasteiger partial charge in [-0.1, -0.05) is 13.8 Å². The van der Waals surface area contributed by atoms with E-state index in [1.54, 1.807) is 34.6 Å². The van der Waals surface area contributed by atoms with Crippen molar-refractivity contribution >= 4 is 64.9 Å². The van der Waals surface area contributed by atoms with E-state index < -0.39 is 132 Å². The predicted molar refractivity (Wildman–Crippen MR) is 225 cm³/mol. The third-order valence-electron chi connectivity index (χ3n) is 14.1. The van der Waals surface area contributed by atoms with Crippen LogP contribution in [0.3, 0.4) is 0 Å². The Balaban J connectivity index is 1.99. The molecule has 1 fully saturated rings. The third kappa shape index (κ3) is 9.12. The number of hydrogen-bond donors (Lipinski definition) is 9. The highest BCUT2D eigenvalue weighted by Gasteiger charge is 2.63. The Hall–Kier alpha value is -6.47. The zero-order valence-electron chi connectivity index (χ0n) is 36.2. The lowest BCUT2D eigenvalue weighted by molar-refractivity contribution is -0.142. The van der Waals surface area contributed by atoms with E-state index in [0.717, 1.165) is 0 Å². The van der Waals surface area contributed by atoms with Crippen LogP contribution < -0.4 is 5.32 Å². The van der Waals surface area contributed by atoms with Crippen LogP contribution in [0.25, 0.3) is 0 Å². The van der Waals surface area contributed by atoms with Crippen molar-refractivity contribution in [3.63, 3.8) is 0 Å². The molecule has 0 aromatic heterocycles. The molecule has 0 spiro atoms. The van der Waals surface area contributed by atoms with E-state index in [1.165, 1.54) is 6.08 Å². The van der Waals surface area contributed by atoms with Crippen molar-refractivity contribution in [2.75, 3.05) is 0 Å². The zero-order valence-corrected chi connectivity index (χ0v) is 36.2. The molecule has 5 aliphatic rings. The van der Waals surface area contributed by atoms with Crippen LogP contribution in [-0.4, -0.2) is 117 Å². The van der Waals surface area contributed by atoms with Crippen molar-refractivity contribution < 1.29 is 79.2 Å². The molecule has 1 saturated heterocycles. The van der Waals surface area contributed by atoms with Gasteiger partial charge >= 0.3 is 47.8 Å². The first-order chi connectivity index (χ1) is 29.6. The Morgan fingerprint density at radius 2 is 1.20 bits per heavy atom. The van der Waals surface area contributed by atoms with Crippen molar-refractivity contribution in [3.8, 4) is 0 Å². The van der Waals surface area contributed by atoms with Crippen molar-refractivity contribution in [1.82, 2.24) is 5.32 Å². The molecule has 0 unspecified atom stereocenters. The molecule has 346 valence electrons. The van der Waals surface area contributed by atoms with Gasteiger partial charge in [0.2, 0.25) is 0 Å². The first-order valence-electron chi connectivity index (χ1n) is 20.8. The summed E-state index contributed by atoms with van der Waals surface area (Å²) in [6.07, 6.45) is -4.36. The number of aliphatic carboxylic acids is 8. The molecule has 20 nitrogen and oxygen atoms in total. The third-order valence-corrected chi connectivity index (χ3v) is 14.1. The summed E-state index contributed by atoms with van der Waals surface area (Å²) in [4.78, 5) is 115. The molecule has 6 atom stereocenters. The molecule has 5 aliphatic heterocycles. The summed E-state index contributed by atoms with van der Waals surface area (Å²) >= 11 is 0. The van der Waals surface area contributed by atoms with Gasteiger partial charge in [0.05, 0.1) is 48.2 Å². The molecule has 64 heavy (non-hydrogen) atoms. The van der Waals surface area contributed by atoms with Gasteiger partial charge in [-0.05, 0) is 74.8 Å². The van der Waals surface area contributed by atoms with Crippen LogP contribution in [0.2, 0.25) is 0 Å². The fraction of sp³-hybridized carbons (Fsp3) is 0.568. The average molecular weight is 895 g/mol. The van der Waals surface area contributed by atoms with Crippen molar-refractivity contribution in [2.45, 2.75) is 136 Å². The number of carboxylic acid groups (broad SMARTS) is 8. The molecule has 0 aromatic rings. The van der Waals surface area contributed by atoms with E-state index in [1.807, 2.05) is 0 Å². The fourth-order valence-corrected chi connectivity index (χ4v) is 10.7. The summed E-state index contributed by atoms with van der Waals surface area (Å²) < 4.78 is 0. The Labute approximate surface area is 367 Å². The van der Waals surface area contributed by atoms with Crippen LogP contribution in [-0.2, 0) is 38.4 Å². The SMILES string of the molecule is C[C@]1(CCC(=O)O)C2=NC(=C1CC(=O)O)[C@]1(C)N/C(=C\C3=NC(=C(CCC(=O)O)[C@]3(C)CC(=O)O)C[C@]3(C)N=C(C2)C(CCC(=O)O)=C3CC(=O)O)[C@@H](CCC(=O)O)[C@]1(C)CC(=O)O. The number of fused-ring (bicyclic) bond motifs is 6. The number of aliphatic imine (C=N–C) groups is 3. The zero-order chi connectivity index (χ0) is 47.9. The molecular formula is C44H54N4O16. The van der Waals surface area contributed by atoms with Crippen molar-refractivity contribution in [3.05, 3.63) is 45.5 Å². The Morgan fingerprint density at radius 1 is 0.641 bits per heavy atom. The molecular weight excluding hydrogens is 840 g/mol. The number of allylic oxidation sites excluding steroid dienone is 4. The molecule has 5 heterocycles. The van der Waals surface area contributed by atoms with Crippen LogP contribution in [0.4, 0.5) is 0 Å². The average Bonchev–Trinajstić information content (AvgIpc) is 3.72. The van der Waals surface area contributed by atoms with Gasteiger partial charge in [-0.3, -0.25) is 53.3 Å². The summed E-state index contributed by atoms with van der Waals surface area (Å²) in [6.45, 7) is 7.93. The molecule has 5 rings (SSSR count). The lowest BCUT2D eigenvalue weighted by atomic mass is 9.61. The maximum absolute atomic E-state index is 13.0. The van der Waals surface area contributed by atoms with Crippen LogP contribution in [0.15, 0.2) is 60.4 Å². The number of carboxylic acids is 8. The minimum Gasteiger partial charge on any atom is -0.481 e. The second-order valence-corrected chi connectivity index (χ2v) is 18.3. The summed E-state index contributed by atoms with van der Waals surface area (Å²) in [5.41, 5.74) is -6.10. The molecule has 20 heteroatoms. The maximum Gasteiger partial charge on any atom is 0.307 e. The molecule has 8 bridgehead atoms. The molecule has 0 saturated carbocycles. The maximum atomic E-state index is 13.0. The minimum absolute atomic E-state index is 0.0333. The molecule has 0 aromatic carbocycles.